The van der Waals surface area contributed by atoms with Gasteiger partial charge in [-0.15, -0.1) is 0 Å². The van der Waals surface area contributed by atoms with Gasteiger partial charge in [-0.05, 0) is 56.5 Å². The van der Waals surface area contributed by atoms with E-state index in [2.05, 4.69) is 21.2 Å². The van der Waals surface area contributed by atoms with Crippen LogP contribution in [0.5, 0.6) is 0 Å². The number of amides is 2. The first-order valence-electron chi connectivity index (χ1n) is 9.26. The van der Waals surface area contributed by atoms with Crippen LogP contribution in [0.25, 0.3) is 0 Å². The smallest absolute Gasteiger partial charge is 0.241 e. The van der Waals surface area contributed by atoms with Crippen molar-refractivity contribution in [1.29, 1.82) is 0 Å². The zero-order valence-corrected chi connectivity index (χ0v) is 18.5. The Kier molecular flexibility index (Phi) is 6.15. The van der Waals surface area contributed by atoms with Crippen molar-refractivity contribution in [3.8, 4) is 0 Å². The van der Waals surface area contributed by atoms with E-state index in [1.807, 2.05) is 69.3 Å². The van der Waals surface area contributed by atoms with Crippen molar-refractivity contribution in [2.45, 2.75) is 43.5 Å². The predicted molar refractivity (Wildman–Crippen MR) is 117 cm³/mol. The third kappa shape index (κ3) is 4.76. The van der Waals surface area contributed by atoms with Crippen molar-refractivity contribution < 1.29 is 9.59 Å². The summed E-state index contributed by atoms with van der Waals surface area (Å²) in [6.45, 7) is 5.76. The maximum absolute atomic E-state index is 13.1. The van der Waals surface area contributed by atoms with Gasteiger partial charge in [-0.25, -0.2) is 0 Å². The second-order valence-electron chi connectivity index (χ2n) is 8.09. The highest BCUT2D eigenvalue weighted by molar-refractivity contribution is 9.10. The molecule has 0 radical (unpaired) electrons. The summed E-state index contributed by atoms with van der Waals surface area (Å²) in [5, 5.41) is 3.62. The van der Waals surface area contributed by atoms with Gasteiger partial charge in [0.2, 0.25) is 11.8 Å². The minimum Gasteiger partial charge on any atom is -0.350 e. The molecule has 0 saturated heterocycles. The summed E-state index contributed by atoms with van der Waals surface area (Å²) < 4.78 is 0. The summed E-state index contributed by atoms with van der Waals surface area (Å²) in [7, 11) is 0. The fourth-order valence-corrected chi connectivity index (χ4v) is 4.27. The summed E-state index contributed by atoms with van der Waals surface area (Å²) >= 11 is 9.61. The first kappa shape index (κ1) is 20.9. The quantitative estimate of drug-likeness (QED) is 0.659. The molecule has 0 spiro atoms. The van der Waals surface area contributed by atoms with Crippen LogP contribution >= 0.6 is 27.5 Å². The van der Waals surface area contributed by atoms with E-state index < -0.39 is 0 Å². The van der Waals surface area contributed by atoms with Gasteiger partial charge < -0.3 is 10.2 Å². The number of halogens is 2. The molecular weight excluding hydrogens is 440 g/mol. The SMILES string of the molecule is CC(C)(C)NC(=O)CN1C(=O)C(Br)CC(c2ccc(Cl)cc2)c2ccccc21. The van der Waals surface area contributed by atoms with E-state index in [4.69, 9.17) is 11.6 Å². The Morgan fingerprint density at radius 3 is 2.46 bits per heavy atom. The third-order valence-electron chi connectivity index (χ3n) is 4.67. The molecule has 1 heterocycles. The van der Waals surface area contributed by atoms with Crippen molar-refractivity contribution >= 4 is 45.0 Å². The lowest BCUT2D eigenvalue weighted by atomic mass is 9.87. The molecule has 0 fully saturated rings. The van der Waals surface area contributed by atoms with Gasteiger partial charge in [-0.3, -0.25) is 9.59 Å². The highest BCUT2D eigenvalue weighted by Gasteiger charge is 2.35. The van der Waals surface area contributed by atoms with Crippen LogP contribution in [-0.4, -0.2) is 28.7 Å². The van der Waals surface area contributed by atoms with E-state index in [0.717, 1.165) is 16.8 Å². The maximum atomic E-state index is 13.1. The Morgan fingerprint density at radius 1 is 1.18 bits per heavy atom. The van der Waals surface area contributed by atoms with Crippen molar-refractivity contribution in [1.82, 2.24) is 5.32 Å². The number of rotatable bonds is 3. The van der Waals surface area contributed by atoms with E-state index in [1.165, 1.54) is 0 Å². The molecule has 2 aromatic carbocycles. The fraction of sp³-hybridized carbons (Fsp3) is 0.364. The second kappa shape index (κ2) is 8.26. The Balaban J connectivity index is 2.01. The number of anilines is 1. The van der Waals surface area contributed by atoms with Crippen LogP contribution in [0.1, 0.15) is 44.2 Å². The van der Waals surface area contributed by atoms with Crippen LogP contribution in [0.2, 0.25) is 5.02 Å². The van der Waals surface area contributed by atoms with Gasteiger partial charge in [-0.1, -0.05) is 57.9 Å². The molecule has 2 atom stereocenters. The van der Waals surface area contributed by atoms with E-state index in [-0.39, 0.29) is 34.6 Å². The van der Waals surface area contributed by atoms with Gasteiger partial charge in [0.05, 0.1) is 4.83 Å². The van der Waals surface area contributed by atoms with Crippen LogP contribution in [0.3, 0.4) is 0 Å². The highest BCUT2D eigenvalue weighted by atomic mass is 79.9. The lowest BCUT2D eigenvalue weighted by Crippen LogP contribution is -2.48. The van der Waals surface area contributed by atoms with E-state index in [9.17, 15) is 9.59 Å². The molecule has 0 bridgehead atoms. The molecule has 0 saturated carbocycles. The number of nitrogens with zero attached hydrogens (tertiary/aromatic N) is 1. The number of nitrogens with one attached hydrogen (secondary N) is 1. The van der Waals surface area contributed by atoms with E-state index >= 15 is 0 Å². The topological polar surface area (TPSA) is 49.4 Å². The molecule has 1 aliphatic rings. The van der Waals surface area contributed by atoms with Crippen LogP contribution in [0.15, 0.2) is 48.5 Å². The molecule has 2 amide bonds. The molecule has 1 N–H and O–H groups in total. The average molecular weight is 464 g/mol. The molecule has 6 heteroatoms. The lowest BCUT2D eigenvalue weighted by Gasteiger charge is -2.27. The largest absolute Gasteiger partial charge is 0.350 e. The van der Waals surface area contributed by atoms with Crippen LogP contribution in [-0.2, 0) is 9.59 Å². The molecule has 3 rings (SSSR count). The number of hydrogen-bond donors (Lipinski definition) is 1. The van der Waals surface area contributed by atoms with Crippen LogP contribution in [0, 0.1) is 0 Å². The number of benzene rings is 2. The molecule has 28 heavy (non-hydrogen) atoms. The molecule has 0 aliphatic carbocycles. The minimum atomic E-state index is -0.386. The minimum absolute atomic E-state index is 0.0114. The predicted octanol–water partition coefficient (Wildman–Crippen LogP) is 4.89. The van der Waals surface area contributed by atoms with Gasteiger partial charge in [0.1, 0.15) is 6.54 Å². The molecule has 148 valence electrons. The third-order valence-corrected chi connectivity index (χ3v) is 5.69. The van der Waals surface area contributed by atoms with Crippen molar-refractivity contribution in [3.63, 3.8) is 0 Å². The molecule has 1 aliphatic heterocycles. The highest BCUT2D eigenvalue weighted by Crippen LogP contribution is 2.40. The molecular formula is C22H24BrClN2O2. The van der Waals surface area contributed by atoms with Crippen LogP contribution < -0.4 is 10.2 Å². The summed E-state index contributed by atoms with van der Waals surface area (Å²) in [6.07, 6.45) is 0.606. The van der Waals surface area contributed by atoms with Gasteiger partial charge >= 0.3 is 0 Å². The van der Waals surface area contributed by atoms with Gasteiger partial charge in [0, 0.05) is 22.2 Å². The Morgan fingerprint density at radius 2 is 1.82 bits per heavy atom. The number of alkyl halides is 1. The summed E-state index contributed by atoms with van der Waals surface area (Å²) in [5.41, 5.74) is 2.54. The number of fused-ring (bicyclic) bond motifs is 1. The normalized spacial score (nSPS) is 19.8. The second-order valence-corrected chi connectivity index (χ2v) is 9.63. The number of carbonyl (C=O) groups excluding carboxylic acids is 2. The standard InChI is InChI=1S/C22H24BrClN2O2/c1-22(2,3)25-20(27)13-26-19-7-5-4-6-16(19)17(12-18(23)21(26)28)14-8-10-15(24)11-9-14/h4-11,17-18H,12-13H2,1-3H3,(H,25,27). The van der Waals surface area contributed by atoms with Crippen LogP contribution in [0.4, 0.5) is 5.69 Å². The van der Waals surface area contributed by atoms with Crippen molar-refractivity contribution in [2.24, 2.45) is 0 Å². The molecule has 2 unspecified atom stereocenters. The number of para-hydroxylation sites is 1. The van der Waals surface area contributed by atoms with E-state index in [0.29, 0.717) is 11.4 Å². The van der Waals surface area contributed by atoms with Crippen molar-refractivity contribution in [2.75, 3.05) is 11.4 Å². The summed E-state index contributed by atoms with van der Waals surface area (Å²) in [5.74, 6) is -0.259. The molecule has 4 nitrogen and oxygen atoms in total. The fourth-order valence-electron chi connectivity index (χ4n) is 3.53. The summed E-state index contributed by atoms with van der Waals surface area (Å²) in [4.78, 5) is 26.9. The Bertz CT molecular complexity index is 877. The Labute approximate surface area is 179 Å². The molecule has 2 aromatic rings. The first-order valence-corrected chi connectivity index (χ1v) is 10.6. The summed E-state index contributed by atoms with van der Waals surface area (Å²) in [6, 6.07) is 15.5. The first-order chi connectivity index (χ1) is 13.2. The number of hydrogen-bond acceptors (Lipinski definition) is 2. The zero-order chi connectivity index (χ0) is 20.5. The zero-order valence-electron chi connectivity index (χ0n) is 16.2. The maximum Gasteiger partial charge on any atom is 0.241 e. The van der Waals surface area contributed by atoms with Gasteiger partial charge in [-0.2, -0.15) is 0 Å². The van der Waals surface area contributed by atoms with Gasteiger partial charge in [0.15, 0.2) is 0 Å². The Hall–Kier alpha value is -1.85. The molecule has 0 aromatic heterocycles. The van der Waals surface area contributed by atoms with Crippen molar-refractivity contribution in [3.05, 3.63) is 64.7 Å². The monoisotopic (exact) mass is 462 g/mol. The number of carbonyl (C=O) groups is 2. The average Bonchev–Trinajstić information content (AvgIpc) is 2.72. The van der Waals surface area contributed by atoms with E-state index in [1.54, 1.807) is 4.90 Å². The van der Waals surface area contributed by atoms with Gasteiger partial charge in [0.25, 0.3) is 0 Å². The lowest BCUT2D eigenvalue weighted by molar-refractivity contribution is -0.124.